The molecule has 0 amide bonds. The lowest BCUT2D eigenvalue weighted by Crippen LogP contribution is -1.85. The fourth-order valence-corrected chi connectivity index (χ4v) is 1.68. The Bertz CT molecular complexity index is 714. The van der Waals surface area contributed by atoms with E-state index in [0.717, 1.165) is 5.56 Å². The maximum absolute atomic E-state index is 11.7. The summed E-state index contributed by atoms with van der Waals surface area (Å²) < 4.78 is 0. The maximum Gasteiger partial charge on any atom is 0.178 e. The number of hydrogen-bond donors (Lipinski definition) is 3. The Morgan fingerprint density at radius 3 is 2.10 bits per heavy atom. The Morgan fingerprint density at radius 2 is 1.48 bits per heavy atom. The van der Waals surface area contributed by atoms with Crippen molar-refractivity contribution in [3.63, 3.8) is 0 Å². The Balaban J connectivity index is 2.04. The zero-order valence-corrected chi connectivity index (χ0v) is 11.1. The van der Waals surface area contributed by atoms with Gasteiger partial charge in [-0.3, -0.25) is 4.79 Å². The zero-order chi connectivity index (χ0) is 15.2. The van der Waals surface area contributed by atoms with Gasteiger partial charge in [0.25, 0.3) is 0 Å². The number of phenols is 3. The molecule has 4 heteroatoms. The van der Waals surface area contributed by atoms with Gasteiger partial charge in [0.15, 0.2) is 17.3 Å². The summed E-state index contributed by atoms with van der Waals surface area (Å²) in [4.78, 5) is 11.7. The molecule has 0 atom stereocenters. The van der Waals surface area contributed by atoms with E-state index < -0.39 is 0 Å². The second-order valence-corrected chi connectivity index (χ2v) is 4.41. The molecular weight excluding hydrogens is 268 g/mol. The molecule has 0 unspecified atom stereocenters. The van der Waals surface area contributed by atoms with Gasteiger partial charge in [-0.05, 0) is 47.5 Å². The Kier molecular flexibility index (Phi) is 4.41. The number of allylic oxidation sites excluding steroid dienone is 2. The molecule has 0 aromatic heterocycles. The molecule has 0 saturated carbocycles. The van der Waals surface area contributed by atoms with Crippen molar-refractivity contribution in [2.75, 3.05) is 0 Å². The minimum Gasteiger partial charge on any atom is -0.508 e. The van der Waals surface area contributed by atoms with E-state index in [9.17, 15) is 20.1 Å². The first-order valence-corrected chi connectivity index (χ1v) is 6.26. The molecule has 0 fully saturated rings. The molecule has 0 aliphatic rings. The first kappa shape index (κ1) is 14.4. The molecule has 0 saturated heterocycles. The smallest absolute Gasteiger partial charge is 0.178 e. The van der Waals surface area contributed by atoms with Crippen molar-refractivity contribution in [3.8, 4) is 17.2 Å². The van der Waals surface area contributed by atoms with Crippen molar-refractivity contribution in [1.82, 2.24) is 0 Å². The lowest BCUT2D eigenvalue weighted by molar-refractivity contribution is -0.110. The summed E-state index contributed by atoms with van der Waals surface area (Å²) >= 11 is 0. The highest BCUT2D eigenvalue weighted by Gasteiger charge is 1.98. The van der Waals surface area contributed by atoms with Crippen molar-refractivity contribution >= 4 is 17.9 Å². The summed E-state index contributed by atoms with van der Waals surface area (Å²) in [6.45, 7) is 0. The first-order valence-electron chi connectivity index (χ1n) is 6.26. The van der Waals surface area contributed by atoms with E-state index in [0.29, 0.717) is 5.56 Å². The van der Waals surface area contributed by atoms with Crippen LogP contribution in [-0.4, -0.2) is 21.1 Å². The number of ketones is 1. The Hall–Kier alpha value is -3.01. The van der Waals surface area contributed by atoms with Crippen molar-refractivity contribution in [2.24, 2.45) is 0 Å². The van der Waals surface area contributed by atoms with Crippen LogP contribution in [0.15, 0.2) is 54.6 Å². The summed E-state index contributed by atoms with van der Waals surface area (Å²) in [7, 11) is 0. The predicted octanol–water partition coefficient (Wildman–Crippen LogP) is 3.10. The van der Waals surface area contributed by atoms with E-state index in [1.807, 2.05) is 0 Å². The third kappa shape index (κ3) is 4.24. The topological polar surface area (TPSA) is 77.8 Å². The van der Waals surface area contributed by atoms with Gasteiger partial charge in [0, 0.05) is 0 Å². The number of phenolic OH excluding ortho intramolecular Hbond substituents is 3. The molecule has 0 radical (unpaired) electrons. The van der Waals surface area contributed by atoms with Gasteiger partial charge in [-0.15, -0.1) is 0 Å². The highest BCUT2D eigenvalue weighted by atomic mass is 16.3. The summed E-state index contributed by atoms with van der Waals surface area (Å²) in [5.74, 6) is -0.534. The Morgan fingerprint density at radius 1 is 0.810 bits per heavy atom. The molecule has 0 aliphatic heterocycles. The molecule has 2 aromatic carbocycles. The molecule has 3 N–H and O–H groups in total. The summed E-state index contributed by atoms with van der Waals surface area (Å²) in [6, 6.07) is 10.8. The zero-order valence-electron chi connectivity index (χ0n) is 11.1. The van der Waals surface area contributed by atoms with Crippen LogP contribution in [0.3, 0.4) is 0 Å². The molecule has 106 valence electrons. The number of carbonyl (C=O) groups is 1. The van der Waals surface area contributed by atoms with Crippen LogP contribution in [0, 0.1) is 0 Å². The van der Waals surface area contributed by atoms with E-state index in [1.165, 1.54) is 30.4 Å². The monoisotopic (exact) mass is 282 g/mol. The van der Waals surface area contributed by atoms with Crippen molar-refractivity contribution in [3.05, 3.63) is 65.7 Å². The molecule has 21 heavy (non-hydrogen) atoms. The molecular formula is C17H14O4. The molecule has 2 rings (SSSR count). The quantitative estimate of drug-likeness (QED) is 0.595. The van der Waals surface area contributed by atoms with Gasteiger partial charge in [-0.2, -0.15) is 0 Å². The molecule has 2 aromatic rings. The van der Waals surface area contributed by atoms with Gasteiger partial charge in [0.1, 0.15) is 5.75 Å². The van der Waals surface area contributed by atoms with Crippen LogP contribution >= 0.6 is 0 Å². The SMILES string of the molecule is O=C(C=Cc1cccc(O)c1)C=Cc1ccc(O)c(O)c1. The molecule has 0 aliphatic carbocycles. The lowest BCUT2D eigenvalue weighted by Gasteiger charge is -1.98. The highest BCUT2D eigenvalue weighted by Crippen LogP contribution is 2.25. The van der Waals surface area contributed by atoms with Gasteiger partial charge in [0.05, 0.1) is 0 Å². The summed E-state index contributed by atoms with van der Waals surface area (Å²) in [5.41, 5.74) is 1.32. The molecule has 0 heterocycles. The largest absolute Gasteiger partial charge is 0.508 e. The normalized spacial score (nSPS) is 11.2. The van der Waals surface area contributed by atoms with E-state index in [1.54, 1.807) is 36.4 Å². The van der Waals surface area contributed by atoms with Gasteiger partial charge in [0.2, 0.25) is 0 Å². The van der Waals surface area contributed by atoms with E-state index in [-0.39, 0.29) is 23.0 Å². The van der Waals surface area contributed by atoms with Crippen LogP contribution in [0.1, 0.15) is 11.1 Å². The average molecular weight is 282 g/mol. The number of hydrogen-bond acceptors (Lipinski definition) is 4. The van der Waals surface area contributed by atoms with E-state index in [2.05, 4.69) is 0 Å². The number of aromatic hydroxyl groups is 3. The predicted molar refractivity (Wildman–Crippen MR) is 81.0 cm³/mol. The number of benzene rings is 2. The minimum atomic E-state index is -0.236. The lowest BCUT2D eigenvalue weighted by atomic mass is 10.1. The minimum absolute atomic E-state index is 0.139. The van der Waals surface area contributed by atoms with Crippen LogP contribution in [0.2, 0.25) is 0 Å². The summed E-state index contributed by atoms with van der Waals surface area (Å²) in [5, 5.41) is 27.8. The average Bonchev–Trinajstić information content (AvgIpc) is 2.46. The first-order chi connectivity index (χ1) is 10.0. The van der Waals surface area contributed by atoms with Gasteiger partial charge in [-0.25, -0.2) is 0 Å². The summed E-state index contributed by atoms with van der Waals surface area (Å²) in [6.07, 6.45) is 5.87. The van der Waals surface area contributed by atoms with Gasteiger partial charge in [-0.1, -0.05) is 30.4 Å². The standard InChI is InChI=1S/C17H14O4/c18-14(7-4-12-2-1-3-15(19)10-12)8-5-13-6-9-16(20)17(21)11-13/h1-11,19-21H. The van der Waals surface area contributed by atoms with Crippen LogP contribution in [0.4, 0.5) is 0 Å². The van der Waals surface area contributed by atoms with Crippen LogP contribution in [0.25, 0.3) is 12.2 Å². The highest BCUT2D eigenvalue weighted by molar-refractivity contribution is 6.04. The van der Waals surface area contributed by atoms with Crippen LogP contribution in [0.5, 0.6) is 17.2 Å². The second-order valence-electron chi connectivity index (χ2n) is 4.41. The van der Waals surface area contributed by atoms with Crippen molar-refractivity contribution < 1.29 is 20.1 Å². The van der Waals surface area contributed by atoms with Gasteiger partial charge >= 0.3 is 0 Å². The second kappa shape index (κ2) is 6.43. The Labute approximate surface area is 121 Å². The molecule has 0 spiro atoms. The fourth-order valence-electron chi connectivity index (χ4n) is 1.68. The van der Waals surface area contributed by atoms with E-state index >= 15 is 0 Å². The molecule has 0 bridgehead atoms. The van der Waals surface area contributed by atoms with Crippen LogP contribution < -0.4 is 0 Å². The third-order valence-corrected chi connectivity index (χ3v) is 2.75. The molecule has 4 nitrogen and oxygen atoms in total. The fraction of sp³-hybridized carbons (Fsp3) is 0. The number of rotatable bonds is 4. The third-order valence-electron chi connectivity index (χ3n) is 2.75. The van der Waals surface area contributed by atoms with E-state index in [4.69, 9.17) is 0 Å². The van der Waals surface area contributed by atoms with Crippen molar-refractivity contribution in [1.29, 1.82) is 0 Å². The van der Waals surface area contributed by atoms with Crippen molar-refractivity contribution in [2.45, 2.75) is 0 Å². The number of carbonyl (C=O) groups excluding carboxylic acids is 1. The maximum atomic E-state index is 11.7. The van der Waals surface area contributed by atoms with Crippen LogP contribution in [-0.2, 0) is 4.79 Å². The van der Waals surface area contributed by atoms with Gasteiger partial charge < -0.3 is 15.3 Å².